The van der Waals surface area contributed by atoms with Crippen molar-refractivity contribution in [3.05, 3.63) is 23.8 Å². The summed E-state index contributed by atoms with van der Waals surface area (Å²) in [5.74, 6) is 1.17. The first-order valence-electron chi connectivity index (χ1n) is 7.29. The Labute approximate surface area is 125 Å². The van der Waals surface area contributed by atoms with Crippen LogP contribution in [0.2, 0.25) is 0 Å². The van der Waals surface area contributed by atoms with E-state index in [1.165, 1.54) is 0 Å². The molecular formula is C16H23NO4. The predicted octanol–water partition coefficient (Wildman–Crippen LogP) is 2.00. The fraction of sp³-hybridized carbons (Fsp3) is 0.562. The summed E-state index contributed by atoms with van der Waals surface area (Å²) in [5.41, 5.74) is 0.594. The molecule has 1 aliphatic rings. The van der Waals surface area contributed by atoms with E-state index in [1.807, 2.05) is 0 Å². The Morgan fingerprint density at radius 3 is 2.76 bits per heavy atom. The van der Waals surface area contributed by atoms with Gasteiger partial charge in [-0.05, 0) is 31.2 Å². The van der Waals surface area contributed by atoms with E-state index >= 15 is 0 Å². The lowest BCUT2D eigenvalue weighted by molar-refractivity contribution is -0.0163. The molecule has 1 saturated heterocycles. The molecule has 0 aliphatic carbocycles. The Balaban J connectivity index is 2.12. The molecule has 0 N–H and O–H groups in total. The molecule has 2 rings (SSSR count). The van der Waals surface area contributed by atoms with Crippen molar-refractivity contribution in [1.82, 2.24) is 4.90 Å². The SMILES string of the molecule is CCCN1CCOC(C(=O)c2ccc(OC)c(OC)c2)C1. The number of rotatable bonds is 6. The highest BCUT2D eigenvalue weighted by Crippen LogP contribution is 2.28. The van der Waals surface area contributed by atoms with Gasteiger partial charge in [-0.1, -0.05) is 6.92 Å². The van der Waals surface area contributed by atoms with E-state index in [9.17, 15) is 4.79 Å². The molecule has 5 nitrogen and oxygen atoms in total. The highest BCUT2D eigenvalue weighted by molar-refractivity contribution is 6.00. The smallest absolute Gasteiger partial charge is 0.193 e. The summed E-state index contributed by atoms with van der Waals surface area (Å²) < 4.78 is 16.1. The maximum Gasteiger partial charge on any atom is 0.193 e. The number of carbonyl (C=O) groups excluding carboxylic acids is 1. The molecule has 1 heterocycles. The highest BCUT2D eigenvalue weighted by atomic mass is 16.5. The number of hydrogen-bond donors (Lipinski definition) is 0. The van der Waals surface area contributed by atoms with Crippen LogP contribution in [0.15, 0.2) is 18.2 Å². The van der Waals surface area contributed by atoms with Gasteiger partial charge in [-0.15, -0.1) is 0 Å². The second kappa shape index (κ2) is 7.43. The largest absolute Gasteiger partial charge is 0.493 e. The van der Waals surface area contributed by atoms with Gasteiger partial charge in [-0.25, -0.2) is 0 Å². The van der Waals surface area contributed by atoms with Gasteiger partial charge in [-0.2, -0.15) is 0 Å². The predicted molar refractivity (Wildman–Crippen MR) is 80.3 cm³/mol. The van der Waals surface area contributed by atoms with Gasteiger partial charge in [0.15, 0.2) is 17.3 Å². The molecule has 1 aromatic rings. The maximum absolute atomic E-state index is 12.6. The summed E-state index contributed by atoms with van der Waals surface area (Å²) in [4.78, 5) is 14.8. The lowest BCUT2D eigenvalue weighted by Crippen LogP contribution is -2.46. The van der Waals surface area contributed by atoms with Gasteiger partial charge < -0.3 is 14.2 Å². The third kappa shape index (κ3) is 3.74. The van der Waals surface area contributed by atoms with E-state index in [0.29, 0.717) is 30.2 Å². The number of morpholine rings is 1. The van der Waals surface area contributed by atoms with Gasteiger partial charge in [0.2, 0.25) is 0 Å². The average molecular weight is 293 g/mol. The van der Waals surface area contributed by atoms with E-state index in [-0.39, 0.29) is 5.78 Å². The maximum atomic E-state index is 12.6. The van der Waals surface area contributed by atoms with Crippen molar-refractivity contribution in [2.24, 2.45) is 0 Å². The van der Waals surface area contributed by atoms with Crippen molar-refractivity contribution >= 4 is 5.78 Å². The molecule has 1 aromatic carbocycles. The minimum absolute atomic E-state index is 0.00300. The molecule has 1 aliphatic heterocycles. The van der Waals surface area contributed by atoms with Crippen LogP contribution in [0, 0.1) is 0 Å². The van der Waals surface area contributed by atoms with Gasteiger partial charge in [0, 0.05) is 18.7 Å². The first kappa shape index (κ1) is 15.8. The molecule has 0 amide bonds. The van der Waals surface area contributed by atoms with Crippen molar-refractivity contribution in [1.29, 1.82) is 0 Å². The number of benzene rings is 1. The standard InChI is InChI=1S/C16H23NO4/c1-4-7-17-8-9-21-15(11-17)16(18)12-5-6-13(19-2)14(10-12)20-3/h5-6,10,15H,4,7-9,11H2,1-3H3. The van der Waals surface area contributed by atoms with E-state index in [2.05, 4.69) is 11.8 Å². The second-order valence-corrected chi connectivity index (χ2v) is 5.09. The molecule has 116 valence electrons. The first-order valence-corrected chi connectivity index (χ1v) is 7.29. The van der Waals surface area contributed by atoms with Crippen LogP contribution in [0.3, 0.4) is 0 Å². The molecule has 0 saturated carbocycles. The summed E-state index contributed by atoms with van der Waals surface area (Å²) in [5, 5.41) is 0. The molecular weight excluding hydrogens is 270 g/mol. The van der Waals surface area contributed by atoms with E-state index in [0.717, 1.165) is 19.5 Å². The number of ether oxygens (including phenoxy) is 3. The molecule has 0 spiro atoms. The van der Waals surface area contributed by atoms with E-state index in [1.54, 1.807) is 32.4 Å². The Morgan fingerprint density at radius 2 is 2.10 bits per heavy atom. The zero-order valence-corrected chi connectivity index (χ0v) is 12.9. The first-order chi connectivity index (χ1) is 10.2. The Hall–Kier alpha value is -1.59. The van der Waals surface area contributed by atoms with E-state index in [4.69, 9.17) is 14.2 Å². The third-order valence-corrected chi connectivity index (χ3v) is 3.65. The fourth-order valence-corrected chi connectivity index (χ4v) is 2.56. The quantitative estimate of drug-likeness (QED) is 0.751. The summed E-state index contributed by atoms with van der Waals surface area (Å²) >= 11 is 0. The topological polar surface area (TPSA) is 48.0 Å². The average Bonchev–Trinajstić information content (AvgIpc) is 2.54. The monoisotopic (exact) mass is 293 g/mol. The fourth-order valence-electron chi connectivity index (χ4n) is 2.56. The normalized spacial score (nSPS) is 19.3. The summed E-state index contributed by atoms with van der Waals surface area (Å²) in [6, 6.07) is 5.22. The number of methoxy groups -OCH3 is 2. The number of ketones is 1. The van der Waals surface area contributed by atoms with Crippen LogP contribution < -0.4 is 9.47 Å². The number of nitrogens with zero attached hydrogens (tertiary/aromatic N) is 1. The Bertz CT molecular complexity index is 487. The van der Waals surface area contributed by atoms with E-state index < -0.39 is 6.10 Å². The summed E-state index contributed by atoms with van der Waals surface area (Å²) in [6.45, 7) is 5.29. The van der Waals surface area contributed by atoms with Crippen LogP contribution in [-0.4, -0.2) is 57.2 Å². The molecule has 0 bridgehead atoms. The van der Waals surface area contributed by atoms with Crippen LogP contribution in [0.1, 0.15) is 23.7 Å². The van der Waals surface area contributed by atoms with Crippen LogP contribution in [-0.2, 0) is 4.74 Å². The van der Waals surface area contributed by atoms with Gasteiger partial charge in [0.1, 0.15) is 6.10 Å². The number of carbonyl (C=O) groups is 1. The van der Waals surface area contributed by atoms with Gasteiger partial charge in [-0.3, -0.25) is 9.69 Å². The molecule has 0 radical (unpaired) electrons. The van der Waals surface area contributed by atoms with Crippen molar-refractivity contribution in [2.45, 2.75) is 19.4 Å². The zero-order valence-electron chi connectivity index (χ0n) is 12.9. The number of hydrogen-bond acceptors (Lipinski definition) is 5. The molecule has 1 fully saturated rings. The molecule has 1 unspecified atom stereocenters. The van der Waals surface area contributed by atoms with Crippen molar-refractivity contribution in [3.8, 4) is 11.5 Å². The van der Waals surface area contributed by atoms with Gasteiger partial charge in [0.25, 0.3) is 0 Å². The third-order valence-electron chi connectivity index (χ3n) is 3.65. The summed E-state index contributed by atoms with van der Waals surface area (Å²) in [7, 11) is 3.14. The lowest BCUT2D eigenvalue weighted by Gasteiger charge is -2.31. The zero-order chi connectivity index (χ0) is 15.2. The van der Waals surface area contributed by atoms with Crippen LogP contribution in [0.4, 0.5) is 0 Å². The Kier molecular flexibility index (Phi) is 5.59. The lowest BCUT2D eigenvalue weighted by atomic mass is 10.0. The van der Waals surface area contributed by atoms with Crippen molar-refractivity contribution < 1.29 is 19.0 Å². The minimum Gasteiger partial charge on any atom is -0.493 e. The highest BCUT2D eigenvalue weighted by Gasteiger charge is 2.27. The van der Waals surface area contributed by atoms with Crippen molar-refractivity contribution in [2.75, 3.05) is 40.5 Å². The number of Topliss-reactive ketones (excluding diaryl/α,β-unsaturated/α-hetero) is 1. The van der Waals surface area contributed by atoms with Crippen molar-refractivity contribution in [3.63, 3.8) is 0 Å². The van der Waals surface area contributed by atoms with Crippen LogP contribution >= 0.6 is 0 Å². The second-order valence-electron chi connectivity index (χ2n) is 5.09. The molecule has 5 heteroatoms. The molecule has 0 aromatic heterocycles. The molecule has 1 atom stereocenters. The molecule has 21 heavy (non-hydrogen) atoms. The Morgan fingerprint density at radius 1 is 1.33 bits per heavy atom. The minimum atomic E-state index is -0.400. The summed E-state index contributed by atoms with van der Waals surface area (Å²) in [6.07, 6.45) is 0.681. The van der Waals surface area contributed by atoms with Gasteiger partial charge in [0.05, 0.1) is 20.8 Å². The van der Waals surface area contributed by atoms with Crippen LogP contribution in [0.25, 0.3) is 0 Å². The van der Waals surface area contributed by atoms with Gasteiger partial charge >= 0.3 is 0 Å². The van der Waals surface area contributed by atoms with Crippen LogP contribution in [0.5, 0.6) is 11.5 Å².